The third-order valence-corrected chi connectivity index (χ3v) is 2.19. The molecular weight excluding hydrogens is 235 g/mol. The minimum atomic E-state index is -0.468. The number of nitrogens with one attached hydrogen (secondary N) is 1. The van der Waals surface area contributed by atoms with Gasteiger partial charge in [-0.15, -0.1) is 0 Å². The van der Waals surface area contributed by atoms with Crippen molar-refractivity contribution in [3.8, 4) is 11.8 Å². The first-order valence-corrected chi connectivity index (χ1v) is 5.05. The lowest BCUT2D eigenvalue weighted by Crippen LogP contribution is -1.97. The predicted molar refractivity (Wildman–Crippen MR) is 63.0 cm³/mol. The topological polar surface area (TPSA) is 70.8 Å². The molecule has 0 bridgehead atoms. The van der Waals surface area contributed by atoms with Crippen LogP contribution in [0.25, 0.3) is 0 Å². The monoisotopic (exact) mass is 244 g/mol. The highest BCUT2D eigenvalue weighted by Crippen LogP contribution is 2.22. The minimum absolute atomic E-state index is 0.173. The van der Waals surface area contributed by atoms with Crippen LogP contribution in [0.1, 0.15) is 5.69 Å². The maximum Gasteiger partial charge on any atom is 0.167 e. The number of nitriles is 1. The molecule has 1 heterocycles. The van der Waals surface area contributed by atoms with Crippen LogP contribution in [-0.2, 0) is 0 Å². The van der Waals surface area contributed by atoms with Gasteiger partial charge in [-0.05, 0) is 12.1 Å². The molecule has 5 nitrogen and oxygen atoms in total. The Kier molecular flexibility index (Phi) is 3.34. The van der Waals surface area contributed by atoms with E-state index in [9.17, 15) is 4.39 Å². The molecule has 0 aliphatic carbocycles. The van der Waals surface area contributed by atoms with Crippen molar-refractivity contribution in [3.63, 3.8) is 0 Å². The highest BCUT2D eigenvalue weighted by Gasteiger charge is 2.04. The van der Waals surface area contributed by atoms with Crippen molar-refractivity contribution in [2.24, 2.45) is 0 Å². The normalized spacial score (nSPS) is 9.61. The Bertz CT molecular complexity index is 592. The molecule has 1 N–H and O–H groups in total. The van der Waals surface area contributed by atoms with Gasteiger partial charge in [0.05, 0.1) is 19.5 Å². The van der Waals surface area contributed by atoms with Gasteiger partial charge in [0.1, 0.15) is 11.9 Å². The van der Waals surface area contributed by atoms with Crippen LogP contribution in [0, 0.1) is 17.1 Å². The summed E-state index contributed by atoms with van der Waals surface area (Å²) in [7, 11) is 1.40. The summed E-state index contributed by atoms with van der Waals surface area (Å²) in [5.41, 5.74) is 0.744. The summed E-state index contributed by atoms with van der Waals surface area (Å²) < 4.78 is 18.2. The van der Waals surface area contributed by atoms with Crippen LogP contribution in [0.15, 0.2) is 30.6 Å². The molecule has 0 atom stereocenters. The third-order valence-electron chi connectivity index (χ3n) is 2.19. The number of hydrogen-bond donors (Lipinski definition) is 1. The fraction of sp³-hybridized carbons (Fsp3) is 0.0833. The van der Waals surface area contributed by atoms with Gasteiger partial charge in [-0.25, -0.2) is 14.4 Å². The van der Waals surface area contributed by atoms with E-state index in [4.69, 9.17) is 10.00 Å². The first-order valence-electron chi connectivity index (χ1n) is 5.05. The van der Waals surface area contributed by atoms with Crippen molar-refractivity contribution in [2.45, 2.75) is 0 Å². The molecule has 0 aliphatic heterocycles. The van der Waals surface area contributed by atoms with Crippen molar-refractivity contribution in [1.29, 1.82) is 5.26 Å². The average molecular weight is 244 g/mol. The van der Waals surface area contributed by atoms with Crippen molar-refractivity contribution in [2.75, 3.05) is 12.4 Å². The van der Waals surface area contributed by atoms with Gasteiger partial charge in [-0.1, -0.05) is 0 Å². The lowest BCUT2D eigenvalue weighted by atomic mass is 10.3. The molecule has 2 rings (SSSR count). The van der Waals surface area contributed by atoms with E-state index in [1.54, 1.807) is 6.07 Å². The smallest absolute Gasteiger partial charge is 0.167 e. The number of ether oxygens (including phenoxy) is 1. The number of halogens is 1. The van der Waals surface area contributed by atoms with Crippen LogP contribution in [-0.4, -0.2) is 17.1 Å². The van der Waals surface area contributed by atoms with E-state index >= 15 is 0 Å². The molecule has 0 saturated carbocycles. The van der Waals surface area contributed by atoms with E-state index in [1.165, 1.54) is 31.6 Å². The highest BCUT2D eigenvalue weighted by atomic mass is 19.1. The van der Waals surface area contributed by atoms with E-state index in [2.05, 4.69) is 15.3 Å². The van der Waals surface area contributed by atoms with E-state index < -0.39 is 5.82 Å². The second-order valence-corrected chi connectivity index (χ2v) is 3.37. The molecule has 0 spiro atoms. The van der Waals surface area contributed by atoms with Crippen molar-refractivity contribution < 1.29 is 9.13 Å². The molecule has 6 heteroatoms. The van der Waals surface area contributed by atoms with Gasteiger partial charge >= 0.3 is 0 Å². The fourth-order valence-corrected chi connectivity index (χ4v) is 1.34. The number of anilines is 2. The summed E-state index contributed by atoms with van der Waals surface area (Å²) in [6.07, 6.45) is 2.74. The Balaban J connectivity index is 2.18. The zero-order valence-corrected chi connectivity index (χ0v) is 9.51. The summed E-state index contributed by atoms with van der Waals surface area (Å²) in [6.45, 7) is 0. The van der Waals surface area contributed by atoms with E-state index in [1.807, 2.05) is 6.07 Å². The molecule has 2 aromatic rings. The van der Waals surface area contributed by atoms with Crippen LogP contribution in [0.5, 0.6) is 5.75 Å². The molecule has 90 valence electrons. The number of hydrogen-bond acceptors (Lipinski definition) is 5. The van der Waals surface area contributed by atoms with Gasteiger partial charge in [-0.3, -0.25) is 0 Å². The number of methoxy groups -OCH3 is 1. The van der Waals surface area contributed by atoms with Crippen LogP contribution >= 0.6 is 0 Å². The SMILES string of the molecule is COc1ccc(Nc2cnc(C#N)cn2)cc1F. The summed E-state index contributed by atoms with van der Waals surface area (Å²) in [6, 6.07) is 6.32. The third kappa shape index (κ3) is 2.52. The maximum absolute atomic E-state index is 13.4. The summed E-state index contributed by atoms with van der Waals surface area (Å²) in [4.78, 5) is 7.81. The standard InChI is InChI=1S/C12H9FN4O/c1-18-11-3-2-8(4-10(11)13)17-12-7-15-9(5-14)6-16-12/h2-4,6-7H,1H3,(H,16,17). The Hall–Kier alpha value is -2.68. The summed E-state index contributed by atoms with van der Waals surface area (Å²) in [5, 5.41) is 11.4. The van der Waals surface area contributed by atoms with Crippen molar-refractivity contribution in [3.05, 3.63) is 42.1 Å². The zero-order valence-electron chi connectivity index (χ0n) is 9.51. The molecule has 0 radical (unpaired) electrons. The fourth-order valence-electron chi connectivity index (χ4n) is 1.34. The molecule has 0 saturated heterocycles. The Morgan fingerprint density at radius 2 is 2.17 bits per heavy atom. The predicted octanol–water partition coefficient (Wildman–Crippen LogP) is 2.24. The van der Waals surface area contributed by atoms with E-state index in [0.29, 0.717) is 11.5 Å². The number of nitrogens with zero attached hydrogens (tertiary/aromatic N) is 3. The number of rotatable bonds is 3. The van der Waals surface area contributed by atoms with E-state index in [-0.39, 0.29) is 11.4 Å². The quantitative estimate of drug-likeness (QED) is 0.896. The van der Waals surface area contributed by atoms with Gasteiger partial charge in [0, 0.05) is 11.8 Å². The largest absolute Gasteiger partial charge is 0.494 e. The average Bonchev–Trinajstić information content (AvgIpc) is 2.40. The number of aromatic nitrogens is 2. The first-order chi connectivity index (χ1) is 8.72. The maximum atomic E-state index is 13.4. The number of benzene rings is 1. The van der Waals surface area contributed by atoms with Crippen LogP contribution in [0.3, 0.4) is 0 Å². The zero-order chi connectivity index (χ0) is 13.0. The van der Waals surface area contributed by atoms with Crippen molar-refractivity contribution >= 4 is 11.5 Å². The summed E-state index contributed by atoms with van der Waals surface area (Å²) >= 11 is 0. The first kappa shape index (κ1) is 11.8. The molecule has 0 fully saturated rings. The van der Waals surface area contributed by atoms with Crippen molar-refractivity contribution in [1.82, 2.24) is 9.97 Å². The van der Waals surface area contributed by atoms with Gasteiger partial charge in [0.25, 0.3) is 0 Å². The van der Waals surface area contributed by atoms with Crippen LogP contribution in [0.4, 0.5) is 15.9 Å². The molecule has 1 aromatic carbocycles. The van der Waals surface area contributed by atoms with Crippen LogP contribution in [0.2, 0.25) is 0 Å². The Morgan fingerprint density at radius 1 is 1.33 bits per heavy atom. The second-order valence-electron chi connectivity index (χ2n) is 3.37. The second kappa shape index (κ2) is 5.10. The highest BCUT2D eigenvalue weighted by molar-refractivity contribution is 5.56. The van der Waals surface area contributed by atoms with Gasteiger partial charge in [0.15, 0.2) is 17.3 Å². The lowest BCUT2D eigenvalue weighted by molar-refractivity contribution is 0.386. The molecular formula is C12H9FN4O. The Morgan fingerprint density at radius 3 is 2.72 bits per heavy atom. The van der Waals surface area contributed by atoms with Crippen LogP contribution < -0.4 is 10.1 Å². The molecule has 1 aromatic heterocycles. The molecule has 18 heavy (non-hydrogen) atoms. The minimum Gasteiger partial charge on any atom is -0.494 e. The van der Waals surface area contributed by atoms with Gasteiger partial charge in [0.2, 0.25) is 0 Å². The molecule has 0 unspecified atom stereocenters. The van der Waals surface area contributed by atoms with E-state index in [0.717, 1.165) is 0 Å². The van der Waals surface area contributed by atoms with Gasteiger partial charge in [-0.2, -0.15) is 5.26 Å². The summed E-state index contributed by atoms with van der Waals surface area (Å²) in [5.74, 6) is 0.133. The lowest BCUT2D eigenvalue weighted by Gasteiger charge is -2.07. The molecule has 0 aliphatic rings. The molecule has 0 amide bonds. The van der Waals surface area contributed by atoms with Gasteiger partial charge < -0.3 is 10.1 Å². The Labute approximate surface area is 103 Å².